The molecule has 0 N–H and O–H groups in total. The first-order valence-electron chi connectivity index (χ1n) is 11.7. The van der Waals surface area contributed by atoms with Crippen LogP contribution in [0.2, 0.25) is 0 Å². The van der Waals surface area contributed by atoms with Gasteiger partial charge in [-0.05, 0) is 66.6 Å². The number of aryl methyl sites for hydroxylation is 1. The van der Waals surface area contributed by atoms with E-state index in [4.69, 9.17) is 9.72 Å². The Morgan fingerprint density at radius 3 is 2.52 bits per heavy atom. The number of ether oxygens (including phenoxy) is 1. The molecule has 33 heavy (non-hydrogen) atoms. The average molecular weight is 457 g/mol. The van der Waals surface area contributed by atoms with Crippen LogP contribution in [0.25, 0.3) is 10.2 Å². The SMILES string of the molecule is CCc1ccc2nc(N(CC3CCCO3)C(=O)c3ccc(Cc4ccccc4)cc3)sc2c1. The lowest BCUT2D eigenvalue weighted by molar-refractivity contribution is 0.0917. The summed E-state index contributed by atoms with van der Waals surface area (Å²) in [4.78, 5) is 20.3. The minimum absolute atomic E-state index is 0.0217. The molecule has 5 heteroatoms. The third-order valence-electron chi connectivity index (χ3n) is 6.19. The van der Waals surface area contributed by atoms with Gasteiger partial charge >= 0.3 is 0 Å². The summed E-state index contributed by atoms with van der Waals surface area (Å²) >= 11 is 1.58. The highest BCUT2D eigenvalue weighted by molar-refractivity contribution is 7.22. The molecule has 1 unspecified atom stereocenters. The maximum Gasteiger partial charge on any atom is 0.260 e. The van der Waals surface area contributed by atoms with Crippen LogP contribution in [0.5, 0.6) is 0 Å². The number of thiazole rings is 1. The molecular weight excluding hydrogens is 428 g/mol. The number of rotatable bonds is 7. The van der Waals surface area contributed by atoms with Crippen LogP contribution in [0.15, 0.2) is 72.8 Å². The smallest absolute Gasteiger partial charge is 0.260 e. The van der Waals surface area contributed by atoms with Crippen molar-refractivity contribution in [3.63, 3.8) is 0 Å². The second-order valence-electron chi connectivity index (χ2n) is 8.56. The minimum atomic E-state index is -0.0217. The first kappa shape index (κ1) is 21.8. The lowest BCUT2D eigenvalue weighted by Gasteiger charge is -2.23. The number of nitrogens with zero attached hydrogens (tertiary/aromatic N) is 2. The third kappa shape index (κ3) is 5.00. The summed E-state index contributed by atoms with van der Waals surface area (Å²) in [5, 5.41) is 0.743. The highest BCUT2D eigenvalue weighted by Crippen LogP contribution is 2.32. The molecule has 1 saturated heterocycles. The van der Waals surface area contributed by atoms with Gasteiger partial charge in [0, 0.05) is 12.2 Å². The second-order valence-corrected chi connectivity index (χ2v) is 9.57. The Morgan fingerprint density at radius 2 is 1.79 bits per heavy atom. The number of benzene rings is 3. The quantitative estimate of drug-likeness (QED) is 0.329. The Hall–Kier alpha value is -3.02. The van der Waals surface area contributed by atoms with Crippen molar-refractivity contribution < 1.29 is 9.53 Å². The van der Waals surface area contributed by atoms with E-state index in [1.54, 1.807) is 11.3 Å². The van der Waals surface area contributed by atoms with Gasteiger partial charge in [-0.3, -0.25) is 9.69 Å². The van der Waals surface area contributed by atoms with Crippen LogP contribution in [0.4, 0.5) is 5.13 Å². The molecule has 5 rings (SSSR count). The van der Waals surface area contributed by atoms with E-state index in [9.17, 15) is 4.79 Å². The highest BCUT2D eigenvalue weighted by atomic mass is 32.1. The number of anilines is 1. The fourth-order valence-electron chi connectivity index (χ4n) is 4.28. The first-order chi connectivity index (χ1) is 16.2. The van der Waals surface area contributed by atoms with E-state index in [1.807, 2.05) is 23.1 Å². The Kier molecular flexibility index (Phi) is 6.51. The number of fused-ring (bicyclic) bond motifs is 1. The van der Waals surface area contributed by atoms with Crippen molar-refractivity contribution in [2.45, 2.75) is 38.7 Å². The summed E-state index contributed by atoms with van der Waals surface area (Å²) in [6, 6.07) is 24.7. The van der Waals surface area contributed by atoms with Crippen LogP contribution in [-0.4, -0.2) is 30.1 Å². The zero-order valence-corrected chi connectivity index (χ0v) is 19.7. The number of amides is 1. The predicted octanol–water partition coefficient (Wildman–Crippen LogP) is 6.28. The number of hydrogen-bond acceptors (Lipinski definition) is 4. The lowest BCUT2D eigenvalue weighted by Crippen LogP contribution is -2.37. The fraction of sp³-hybridized carbons (Fsp3) is 0.286. The molecule has 1 fully saturated rings. The molecular formula is C28H28N2O2S. The number of aromatic nitrogens is 1. The van der Waals surface area contributed by atoms with Crippen LogP contribution < -0.4 is 4.90 Å². The molecule has 2 heterocycles. The number of carbonyl (C=O) groups excluding carboxylic acids is 1. The molecule has 0 spiro atoms. The van der Waals surface area contributed by atoms with E-state index in [0.29, 0.717) is 12.1 Å². The van der Waals surface area contributed by atoms with Crippen molar-refractivity contribution in [2.24, 2.45) is 0 Å². The Labute approximate surface area is 198 Å². The Balaban J connectivity index is 1.41. The molecule has 1 aliphatic heterocycles. The monoisotopic (exact) mass is 456 g/mol. The predicted molar refractivity (Wildman–Crippen MR) is 135 cm³/mol. The summed E-state index contributed by atoms with van der Waals surface area (Å²) in [6.45, 7) is 3.45. The molecule has 4 aromatic rings. The van der Waals surface area contributed by atoms with Crippen molar-refractivity contribution in [1.82, 2.24) is 4.98 Å². The van der Waals surface area contributed by atoms with Crippen molar-refractivity contribution in [2.75, 3.05) is 18.1 Å². The van der Waals surface area contributed by atoms with Crippen molar-refractivity contribution in [3.05, 3.63) is 95.1 Å². The van der Waals surface area contributed by atoms with Crippen LogP contribution >= 0.6 is 11.3 Å². The fourth-order valence-corrected chi connectivity index (χ4v) is 5.32. The van der Waals surface area contributed by atoms with Gasteiger partial charge in [0.1, 0.15) is 0 Å². The summed E-state index contributed by atoms with van der Waals surface area (Å²) in [6.07, 6.45) is 3.92. The molecule has 1 atom stereocenters. The van der Waals surface area contributed by atoms with Crippen molar-refractivity contribution >= 4 is 32.6 Å². The van der Waals surface area contributed by atoms with Gasteiger partial charge < -0.3 is 4.74 Å². The summed E-state index contributed by atoms with van der Waals surface area (Å²) in [7, 11) is 0. The average Bonchev–Trinajstić information content (AvgIpc) is 3.52. The van der Waals surface area contributed by atoms with Crippen LogP contribution in [0.1, 0.15) is 46.8 Å². The standard InChI is InChI=1S/C28H28N2O2S/c1-2-20-12-15-25-26(18-20)33-28(29-25)30(19-24-9-6-16-32-24)27(31)23-13-10-22(11-14-23)17-21-7-4-3-5-8-21/h3-5,7-8,10-15,18,24H,2,6,9,16-17,19H2,1H3. The largest absolute Gasteiger partial charge is 0.376 e. The first-order valence-corrected chi connectivity index (χ1v) is 12.5. The molecule has 168 valence electrons. The van der Waals surface area contributed by atoms with Gasteiger partial charge in [-0.25, -0.2) is 4.98 Å². The van der Waals surface area contributed by atoms with Crippen LogP contribution in [-0.2, 0) is 17.6 Å². The van der Waals surface area contributed by atoms with E-state index >= 15 is 0 Å². The molecule has 0 aliphatic carbocycles. The second kappa shape index (κ2) is 9.86. The van der Waals surface area contributed by atoms with E-state index in [1.165, 1.54) is 16.7 Å². The highest BCUT2D eigenvalue weighted by Gasteiger charge is 2.27. The van der Waals surface area contributed by atoms with Crippen molar-refractivity contribution in [1.29, 1.82) is 0 Å². The Bertz CT molecular complexity index is 1230. The molecule has 0 saturated carbocycles. The van der Waals surface area contributed by atoms with Gasteiger partial charge in [-0.2, -0.15) is 0 Å². The topological polar surface area (TPSA) is 42.4 Å². The van der Waals surface area contributed by atoms with Crippen LogP contribution in [0, 0.1) is 0 Å². The Morgan fingerprint density at radius 1 is 1.03 bits per heavy atom. The van der Waals surface area contributed by atoms with E-state index in [2.05, 4.69) is 61.5 Å². The maximum atomic E-state index is 13.6. The summed E-state index contributed by atoms with van der Waals surface area (Å²) < 4.78 is 6.99. The van der Waals surface area contributed by atoms with E-state index in [0.717, 1.165) is 47.6 Å². The molecule has 1 aromatic heterocycles. The van der Waals surface area contributed by atoms with Gasteiger partial charge in [0.05, 0.1) is 22.9 Å². The zero-order valence-electron chi connectivity index (χ0n) is 18.9. The van der Waals surface area contributed by atoms with Crippen molar-refractivity contribution in [3.8, 4) is 0 Å². The lowest BCUT2D eigenvalue weighted by atomic mass is 10.0. The van der Waals surface area contributed by atoms with Gasteiger partial charge in [-0.15, -0.1) is 0 Å². The van der Waals surface area contributed by atoms with Gasteiger partial charge in [0.15, 0.2) is 5.13 Å². The third-order valence-corrected chi connectivity index (χ3v) is 7.23. The molecule has 0 radical (unpaired) electrons. The zero-order chi connectivity index (χ0) is 22.6. The van der Waals surface area contributed by atoms with Crippen LogP contribution in [0.3, 0.4) is 0 Å². The molecule has 1 amide bonds. The number of hydrogen-bond donors (Lipinski definition) is 0. The van der Waals surface area contributed by atoms with E-state index < -0.39 is 0 Å². The summed E-state index contributed by atoms with van der Waals surface area (Å²) in [5.41, 5.74) is 5.35. The van der Waals surface area contributed by atoms with Gasteiger partial charge in [0.25, 0.3) is 5.91 Å². The van der Waals surface area contributed by atoms with E-state index in [-0.39, 0.29) is 12.0 Å². The van der Waals surface area contributed by atoms with Gasteiger partial charge in [0.2, 0.25) is 0 Å². The molecule has 3 aromatic carbocycles. The normalized spacial score (nSPS) is 15.7. The minimum Gasteiger partial charge on any atom is -0.376 e. The summed E-state index contributed by atoms with van der Waals surface area (Å²) in [5.74, 6) is -0.0217. The number of carbonyl (C=O) groups is 1. The van der Waals surface area contributed by atoms with Gasteiger partial charge in [-0.1, -0.05) is 66.8 Å². The maximum absolute atomic E-state index is 13.6. The molecule has 1 aliphatic rings. The molecule has 4 nitrogen and oxygen atoms in total. The molecule has 0 bridgehead atoms.